The molecule has 27 heavy (non-hydrogen) atoms. The molecule has 0 unspecified atom stereocenters. The zero-order valence-corrected chi connectivity index (χ0v) is 16.1. The second kappa shape index (κ2) is 10.2. The molecule has 2 aromatic rings. The number of pyridine rings is 1. The minimum Gasteiger partial charge on any atom is -0.490 e. The van der Waals surface area contributed by atoms with Crippen LogP contribution in [0.4, 0.5) is 0 Å². The Bertz CT molecular complexity index is 764. The first-order chi connectivity index (χ1) is 13.1. The minimum atomic E-state index is -0.372. The van der Waals surface area contributed by atoms with Crippen LogP contribution in [0.2, 0.25) is 0 Å². The van der Waals surface area contributed by atoms with E-state index in [0.717, 1.165) is 5.56 Å². The molecule has 0 saturated carbocycles. The first-order valence-corrected chi connectivity index (χ1v) is 8.92. The van der Waals surface area contributed by atoms with E-state index in [9.17, 15) is 4.79 Å². The van der Waals surface area contributed by atoms with Crippen LogP contribution in [0.3, 0.4) is 0 Å². The van der Waals surface area contributed by atoms with Crippen molar-refractivity contribution in [3.05, 3.63) is 47.8 Å². The molecule has 0 fully saturated rings. The normalized spacial score (nSPS) is 11.0. The molecule has 0 radical (unpaired) electrons. The lowest BCUT2D eigenvalue weighted by Crippen LogP contribution is -2.20. The molecular weight excluding hydrogens is 346 g/mol. The lowest BCUT2D eigenvalue weighted by Gasteiger charge is -2.16. The molecule has 1 aromatic heterocycles. The molecule has 0 saturated heterocycles. The Kier molecular flexibility index (Phi) is 7.61. The van der Waals surface area contributed by atoms with Gasteiger partial charge in [0.25, 0.3) is 5.91 Å². The minimum absolute atomic E-state index is 0.369. The predicted molar refractivity (Wildman–Crippen MR) is 104 cm³/mol. The quantitative estimate of drug-likeness (QED) is 0.539. The molecule has 1 N–H and O–H groups in total. The summed E-state index contributed by atoms with van der Waals surface area (Å²) >= 11 is 0. The monoisotopic (exact) mass is 371 g/mol. The highest BCUT2D eigenvalue weighted by Gasteiger charge is 2.18. The number of hydrazone groups is 1. The average Bonchev–Trinajstić information content (AvgIpc) is 2.69. The molecule has 1 amide bonds. The lowest BCUT2D eigenvalue weighted by atomic mass is 10.1. The van der Waals surface area contributed by atoms with Gasteiger partial charge in [-0.1, -0.05) is 6.07 Å². The number of ether oxygens (including phenoxy) is 3. The first-order valence-electron chi connectivity index (χ1n) is 8.92. The van der Waals surface area contributed by atoms with Crippen LogP contribution in [-0.2, 0) is 0 Å². The van der Waals surface area contributed by atoms with Crippen molar-refractivity contribution in [1.29, 1.82) is 0 Å². The van der Waals surface area contributed by atoms with Gasteiger partial charge in [0.2, 0.25) is 5.75 Å². The van der Waals surface area contributed by atoms with Crippen LogP contribution in [0, 0.1) is 0 Å². The van der Waals surface area contributed by atoms with Gasteiger partial charge in [0, 0.05) is 23.5 Å². The summed E-state index contributed by atoms with van der Waals surface area (Å²) in [4.78, 5) is 16.6. The molecule has 1 aromatic carbocycles. The van der Waals surface area contributed by atoms with Gasteiger partial charge in [-0.05, 0) is 45.9 Å². The van der Waals surface area contributed by atoms with E-state index < -0.39 is 0 Å². The third kappa shape index (κ3) is 5.44. The van der Waals surface area contributed by atoms with E-state index in [4.69, 9.17) is 14.2 Å². The molecule has 0 aliphatic heterocycles. The van der Waals surface area contributed by atoms with Crippen molar-refractivity contribution in [2.75, 3.05) is 19.8 Å². The van der Waals surface area contributed by atoms with Crippen LogP contribution in [0.15, 0.2) is 41.8 Å². The van der Waals surface area contributed by atoms with Crippen molar-refractivity contribution in [3.63, 3.8) is 0 Å². The molecule has 0 aliphatic rings. The van der Waals surface area contributed by atoms with E-state index in [1.165, 1.54) is 0 Å². The summed E-state index contributed by atoms with van der Waals surface area (Å²) in [6.45, 7) is 8.74. The maximum atomic E-state index is 12.6. The molecule has 7 heteroatoms. The van der Waals surface area contributed by atoms with Crippen LogP contribution >= 0.6 is 0 Å². The van der Waals surface area contributed by atoms with Gasteiger partial charge in [0.05, 0.1) is 25.5 Å². The number of nitrogens with one attached hydrogen (secondary N) is 1. The van der Waals surface area contributed by atoms with E-state index in [0.29, 0.717) is 48.3 Å². The summed E-state index contributed by atoms with van der Waals surface area (Å²) in [5, 5.41) is 4.15. The van der Waals surface area contributed by atoms with Gasteiger partial charge in [-0.25, -0.2) is 5.43 Å². The maximum Gasteiger partial charge on any atom is 0.271 e. The third-order valence-corrected chi connectivity index (χ3v) is 3.58. The number of amides is 1. The molecule has 0 aliphatic carbocycles. The van der Waals surface area contributed by atoms with Crippen LogP contribution < -0.4 is 19.6 Å². The van der Waals surface area contributed by atoms with Gasteiger partial charge < -0.3 is 14.2 Å². The molecule has 0 spiro atoms. The predicted octanol–water partition coefficient (Wildman–Crippen LogP) is 3.43. The topological polar surface area (TPSA) is 82.0 Å². The summed E-state index contributed by atoms with van der Waals surface area (Å²) in [6.07, 6.45) is 3.36. The highest BCUT2D eigenvalue weighted by atomic mass is 16.5. The molecule has 0 bridgehead atoms. The highest BCUT2D eigenvalue weighted by Crippen LogP contribution is 2.39. The van der Waals surface area contributed by atoms with Crippen LogP contribution in [0.5, 0.6) is 17.2 Å². The van der Waals surface area contributed by atoms with Crippen LogP contribution in [0.1, 0.15) is 43.6 Å². The standard InChI is InChI=1S/C20H25N3O4/c1-5-25-17-11-16(12-18(26-6-2)19(17)27-7-3)20(24)23-22-14(4)15-9-8-10-21-13-15/h8-13H,5-7H2,1-4H3,(H,23,24)/b22-14-. The summed E-state index contributed by atoms with van der Waals surface area (Å²) in [7, 11) is 0. The van der Waals surface area contributed by atoms with E-state index >= 15 is 0 Å². The van der Waals surface area contributed by atoms with Crippen molar-refractivity contribution in [2.24, 2.45) is 5.10 Å². The Morgan fingerprint density at radius 1 is 1.04 bits per heavy atom. The smallest absolute Gasteiger partial charge is 0.271 e. The Hall–Kier alpha value is -3.09. The zero-order chi connectivity index (χ0) is 19.6. The Balaban J connectivity index is 2.29. The second-order valence-electron chi connectivity index (χ2n) is 5.48. The van der Waals surface area contributed by atoms with Crippen molar-refractivity contribution in [1.82, 2.24) is 10.4 Å². The van der Waals surface area contributed by atoms with Crippen LogP contribution in [-0.4, -0.2) is 36.4 Å². The molecule has 144 valence electrons. The number of aromatic nitrogens is 1. The first kappa shape index (κ1) is 20.2. The Morgan fingerprint density at radius 2 is 1.67 bits per heavy atom. The van der Waals surface area contributed by atoms with E-state index in [2.05, 4.69) is 15.5 Å². The zero-order valence-electron chi connectivity index (χ0n) is 16.1. The molecule has 1 heterocycles. The molecule has 7 nitrogen and oxygen atoms in total. The number of hydrogen-bond donors (Lipinski definition) is 1. The van der Waals surface area contributed by atoms with Gasteiger partial charge in [0.1, 0.15) is 0 Å². The second-order valence-corrected chi connectivity index (χ2v) is 5.48. The number of carbonyl (C=O) groups is 1. The van der Waals surface area contributed by atoms with Crippen molar-refractivity contribution in [2.45, 2.75) is 27.7 Å². The van der Waals surface area contributed by atoms with Crippen molar-refractivity contribution in [3.8, 4) is 17.2 Å². The fraction of sp³-hybridized carbons (Fsp3) is 0.350. The number of carbonyl (C=O) groups excluding carboxylic acids is 1. The molecule has 2 rings (SSSR count). The highest BCUT2D eigenvalue weighted by molar-refractivity contribution is 6.01. The fourth-order valence-electron chi connectivity index (χ4n) is 2.36. The summed E-state index contributed by atoms with van der Waals surface area (Å²) in [5.41, 5.74) is 4.40. The summed E-state index contributed by atoms with van der Waals surface area (Å²) < 4.78 is 16.9. The molecular formula is C20H25N3O4. The number of nitrogens with zero attached hydrogens (tertiary/aromatic N) is 2. The summed E-state index contributed by atoms with van der Waals surface area (Å²) in [6, 6.07) is 6.93. The van der Waals surface area contributed by atoms with Gasteiger partial charge in [0.15, 0.2) is 11.5 Å². The van der Waals surface area contributed by atoms with Gasteiger partial charge in [-0.15, -0.1) is 0 Å². The van der Waals surface area contributed by atoms with Crippen molar-refractivity contribution >= 4 is 11.6 Å². The van der Waals surface area contributed by atoms with Crippen LogP contribution in [0.25, 0.3) is 0 Å². The fourth-order valence-corrected chi connectivity index (χ4v) is 2.36. The number of rotatable bonds is 9. The van der Waals surface area contributed by atoms with Gasteiger partial charge >= 0.3 is 0 Å². The van der Waals surface area contributed by atoms with E-state index in [-0.39, 0.29) is 5.91 Å². The molecule has 0 atom stereocenters. The average molecular weight is 371 g/mol. The number of benzene rings is 1. The number of hydrogen-bond acceptors (Lipinski definition) is 6. The lowest BCUT2D eigenvalue weighted by molar-refractivity contribution is 0.0953. The van der Waals surface area contributed by atoms with Gasteiger partial charge in [-0.2, -0.15) is 5.10 Å². The van der Waals surface area contributed by atoms with Crippen molar-refractivity contribution < 1.29 is 19.0 Å². The summed E-state index contributed by atoms with van der Waals surface area (Å²) in [5.74, 6) is 1.04. The Morgan fingerprint density at radius 3 is 2.19 bits per heavy atom. The van der Waals surface area contributed by atoms with E-state index in [1.807, 2.05) is 32.9 Å². The van der Waals surface area contributed by atoms with Gasteiger partial charge in [-0.3, -0.25) is 9.78 Å². The Labute approximate surface area is 159 Å². The third-order valence-electron chi connectivity index (χ3n) is 3.58. The largest absolute Gasteiger partial charge is 0.490 e. The SMILES string of the molecule is CCOc1cc(C(=O)N/N=C(/C)c2cccnc2)cc(OCC)c1OCC. The maximum absolute atomic E-state index is 12.6. The van der Waals surface area contributed by atoms with E-state index in [1.54, 1.807) is 31.5 Å².